The molecule has 0 aromatic heterocycles. The maximum Gasteiger partial charge on any atom is 0.0876 e. The van der Waals surface area contributed by atoms with Gasteiger partial charge in [-0.1, -0.05) is 6.92 Å². The van der Waals surface area contributed by atoms with Gasteiger partial charge in [-0.05, 0) is 32.0 Å². The Kier molecular flexibility index (Phi) is 5.19. The number of thioether (sulfide) groups is 1. The average molecular weight is 256 g/mol. The molecule has 0 aromatic rings. The molecule has 0 saturated carbocycles. The van der Waals surface area contributed by atoms with Crippen LogP contribution in [0.3, 0.4) is 0 Å². The molecular weight excluding hydrogens is 232 g/mol. The van der Waals surface area contributed by atoms with Gasteiger partial charge in [-0.2, -0.15) is 11.8 Å². The third kappa shape index (κ3) is 3.39. The number of rotatable bonds is 4. The van der Waals surface area contributed by atoms with Crippen LogP contribution in [0, 0.1) is 0 Å². The van der Waals surface area contributed by atoms with E-state index in [-0.39, 0.29) is 0 Å². The molecule has 2 heterocycles. The molecule has 0 spiro atoms. The summed E-state index contributed by atoms with van der Waals surface area (Å²) in [5.74, 6) is 2.49. The molecule has 2 unspecified atom stereocenters. The first-order chi connectivity index (χ1) is 8.33. The minimum Gasteiger partial charge on any atom is -0.501 e. The topological polar surface area (TPSA) is 24.5 Å². The molecule has 0 radical (unpaired) electrons. The van der Waals surface area contributed by atoms with E-state index in [0.29, 0.717) is 12.1 Å². The predicted molar refractivity (Wildman–Crippen MR) is 74.5 cm³/mol. The maximum absolute atomic E-state index is 5.51. The molecule has 0 bridgehead atoms. The smallest absolute Gasteiger partial charge is 0.0876 e. The van der Waals surface area contributed by atoms with Crippen molar-refractivity contribution in [3.05, 3.63) is 11.8 Å². The molecule has 3 nitrogen and oxygen atoms in total. The van der Waals surface area contributed by atoms with Crippen LogP contribution in [0.25, 0.3) is 0 Å². The van der Waals surface area contributed by atoms with Crippen LogP contribution >= 0.6 is 11.8 Å². The van der Waals surface area contributed by atoms with Gasteiger partial charge in [0, 0.05) is 30.1 Å². The van der Waals surface area contributed by atoms with Gasteiger partial charge in [0.1, 0.15) is 0 Å². The number of likely N-dealkylation sites (N-methyl/N-ethyl adjacent to an activating group) is 2. The van der Waals surface area contributed by atoms with Crippen molar-refractivity contribution in [1.82, 2.24) is 10.2 Å². The van der Waals surface area contributed by atoms with E-state index in [4.69, 9.17) is 4.74 Å². The van der Waals surface area contributed by atoms with Crippen molar-refractivity contribution in [2.24, 2.45) is 0 Å². The molecule has 1 fully saturated rings. The Labute approximate surface area is 109 Å². The lowest BCUT2D eigenvalue weighted by Crippen LogP contribution is -2.53. The summed E-state index contributed by atoms with van der Waals surface area (Å²) in [7, 11) is 2.25. The largest absolute Gasteiger partial charge is 0.501 e. The molecule has 17 heavy (non-hydrogen) atoms. The molecule has 98 valence electrons. The first-order valence-corrected chi connectivity index (χ1v) is 7.80. The van der Waals surface area contributed by atoms with Gasteiger partial charge in [0.15, 0.2) is 0 Å². The number of hydrogen-bond acceptors (Lipinski definition) is 4. The number of ether oxygens (including phenoxy) is 1. The molecule has 2 aliphatic heterocycles. The zero-order valence-electron chi connectivity index (χ0n) is 10.9. The monoisotopic (exact) mass is 256 g/mol. The fourth-order valence-corrected chi connectivity index (χ4v) is 3.88. The second kappa shape index (κ2) is 6.66. The van der Waals surface area contributed by atoms with Gasteiger partial charge in [-0.25, -0.2) is 0 Å². The van der Waals surface area contributed by atoms with Gasteiger partial charge in [0.25, 0.3) is 0 Å². The van der Waals surface area contributed by atoms with Crippen LogP contribution in [0.5, 0.6) is 0 Å². The number of hydrogen-bond donors (Lipinski definition) is 1. The van der Waals surface area contributed by atoms with Crippen molar-refractivity contribution in [3.8, 4) is 0 Å². The van der Waals surface area contributed by atoms with Crippen LogP contribution in [0.15, 0.2) is 11.8 Å². The summed E-state index contributed by atoms with van der Waals surface area (Å²) in [6, 6.07) is 1.08. The van der Waals surface area contributed by atoms with Crippen LogP contribution in [0.1, 0.15) is 19.8 Å². The fraction of sp³-hybridized carbons (Fsp3) is 0.846. The second-order valence-corrected chi connectivity index (χ2v) is 5.98. The van der Waals surface area contributed by atoms with Crippen molar-refractivity contribution in [1.29, 1.82) is 0 Å². The molecule has 4 heteroatoms. The molecule has 0 aliphatic carbocycles. The second-order valence-electron chi connectivity index (χ2n) is 4.83. The lowest BCUT2D eigenvalue weighted by atomic mass is 9.95. The van der Waals surface area contributed by atoms with Gasteiger partial charge in [-0.15, -0.1) is 0 Å². The quantitative estimate of drug-likeness (QED) is 0.827. The Morgan fingerprint density at radius 1 is 1.65 bits per heavy atom. The molecule has 2 atom stereocenters. The minimum absolute atomic E-state index is 0.470. The standard InChI is InChI=1S/C13H24N2OS/c1-3-14-13(11-5-4-7-16-9-11)12-10-17-8-6-15(12)2/h9,12-14H,3-8,10H2,1-2H3. The van der Waals surface area contributed by atoms with Crippen LogP contribution in [0.4, 0.5) is 0 Å². The van der Waals surface area contributed by atoms with E-state index in [9.17, 15) is 0 Å². The van der Waals surface area contributed by atoms with Crippen molar-refractivity contribution >= 4 is 11.8 Å². The van der Waals surface area contributed by atoms with E-state index in [1.54, 1.807) is 0 Å². The summed E-state index contributed by atoms with van der Waals surface area (Å²) in [5, 5.41) is 3.65. The Morgan fingerprint density at radius 2 is 2.53 bits per heavy atom. The summed E-state index contributed by atoms with van der Waals surface area (Å²) < 4.78 is 5.51. The summed E-state index contributed by atoms with van der Waals surface area (Å²) in [6.07, 6.45) is 4.36. The molecular formula is C13H24N2OS. The highest BCUT2D eigenvalue weighted by molar-refractivity contribution is 7.99. The maximum atomic E-state index is 5.51. The van der Waals surface area contributed by atoms with E-state index in [1.165, 1.54) is 30.0 Å². The highest BCUT2D eigenvalue weighted by atomic mass is 32.2. The average Bonchev–Trinajstić information content (AvgIpc) is 2.38. The molecule has 0 amide bonds. The molecule has 1 N–H and O–H groups in total. The van der Waals surface area contributed by atoms with Crippen LogP contribution in [-0.4, -0.2) is 55.2 Å². The van der Waals surface area contributed by atoms with Crippen molar-refractivity contribution in [2.45, 2.75) is 31.8 Å². The van der Waals surface area contributed by atoms with E-state index >= 15 is 0 Å². The fourth-order valence-electron chi connectivity index (χ4n) is 2.60. The van der Waals surface area contributed by atoms with E-state index in [0.717, 1.165) is 19.6 Å². The van der Waals surface area contributed by atoms with Crippen LogP contribution in [0.2, 0.25) is 0 Å². The third-order valence-electron chi connectivity index (χ3n) is 3.61. The normalized spacial score (nSPS) is 28.4. The SMILES string of the molecule is CCNC(C1=COCCC1)C1CSCCN1C. The van der Waals surface area contributed by atoms with E-state index in [2.05, 4.69) is 35.9 Å². The molecule has 2 rings (SSSR count). The summed E-state index contributed by atoms with van der Waals surface area (Å²) in [4.78, 5) is 2.50. The Bertz CT molecular complexity index is 270. The van der Waals surface area contributed by atoms with Crippen molar-refractivity contribution in [2.75, 3.05) is 38.2 Å². The van der Waals surface area contributed by atoms with Crippen LogP contribution < -0.4 is 5.32 Å². The Hall–Kier alpha value is -0.190. The van der Waals surface area contributed by atoms with E-state index < -0.39 is 0 Å². The van der Waals surface area contributed by atoms with Gasteiger partial charge >= 0.3 is 0 Å². The molecule has 2 aliphatic rings. The highest BCUT2D eigenvalue weighted by Crippen LogP contribution is 2.25. The van der Waals surface area contributed by atoms with Gasteiger partial charge < -0.3 is 10.1 Å². The molecule has 1 saturated heterocycles. The number of nitrogens with one attached hydrogen (secondary N) is 1. The minimum atomic E-state index is 0.470. The Balaban J connectivity index is 2.06. The zero-order chi connectivity index (χ0) is 12.1. The Morgan fingerprint density at radius 3 is 3.18 bits per heavy atom. The first-order valence-electron chi connectivity index (χ1n) is 6.65. The summed E-state index contributed by atoms with van der Waals surface area (Å²) >= 11 is 2.08. The van der Waals surface area contributed by atoms with Crippen molar-refractivity contribution < 1.29 is 4.74 Å². The third-order valence-corrected chi connectivity index (χ3v) is 4.66. The highest BCUT2D eigenvalue weighted by Gasteiger charge is 2.30. The van der Waals surface area contributed by atoms with Gasteiger partial charge in [-0.3, -0.25) is 4.90 Å². The lowest BCUT2D eigenvalue weighted by molar-refractivity contribution is 0.195. The predicted octanol–water partition coefficient (Wildman–Crippen LogP) is 1.71. The lowest BCUT2D eigenvalue weighted by Gasteiger charge is -2.39. The first kappa shape index (κ1) is 13.2. The van der Waals surface area contributed by atoms with Gasteiger partial charge in [0.2, 0.25) is 0 Å². The number of nitrogens with zero attached hydrogens (tertiary/aromatic N) is 1. The van der Waals surface area contributed by atoms with Crippen molar-refractivity contribution in [3.63, 3.8) is 0 Å². The van der Waals surface area contributed by atoms with Crippen LogP contribution in [-0.2, 0) is 4.74 Å². The molecule has 0 aromatic carbocycles. The summed E-state index contributed by atoms with van der Waals surface area (Å²) in [5.41, 5.74) is 1.46. The van der Waals surface area contributed by atoms with Gasteiger partial charge in [0.05, 0.1) is 12.9 Å². The van der Waals surface area contributed by atoms with E-state index in [1.807, 2.05) is 6.26 Å². The summed E-state index contributed by atoms with van der Waals surface area (Å²) in [6.45, 7) is 5.30. The zero-order valence-corrected chi connectivity index (χ0v) is 11.8.